The van der Waals surface area contributed by atoms with Gasteiger partial charge in [-0.15, -0.1) is 0 Å². The predicted molar refractivity (Wildman–Crippen MR) is 61.8 cm³/mol. The van der Waals surface area contributed by atoms with Crippen LogP contribution in [0.5, 0.6) is 0 Å². The molecule has 1 aliphatic rings. The van der Waals surface area contributed by atoms with Crippen molar-refractivity contribution in [2.75, 3.05) is 14.1 Å². The summed E-state index contributed by atoms with van der Waals surface area (Å²) in [7, 11) is 4.07. The van der Waals surface area contributed by atoms with E-state index in [-0.39, 0.29) is 11.6 Å². The van der Waals surface area contributed by atoms with Crippen LogP contribution in [0.25, 0.3) is 0 Å². The Morgan fingerprint density at radius 3 is 2.67 bits per heavy atom. The van der Waals surface area contributed by atoms with Gasteiger partial charge in [-0.3, -0.25) is 4.90 Å². The number of hydrogen-bond acceptors (Lipinski definition) is 2. The maximum absolute atomic E-state index is 10.2. The van der Waals surface area contributed by atoms with Gasteiger partial charge in [0.2, 0.25) is 0 Å². The lowest BCUT2D eigenvalue weighted by Crippen LogP contribution is -2.51. The standard InChI is InChI=1S/C13H19NO/c1-13(14(2)3)11-7-5-4-6-10(11)8-9-12(13)15/h4-7,12,15H,8-9H2,1-3H3/t12-,13-/m0/s1. The predicted octanol–water partition coefficient (Wildman–Crippen LogP) is 1.77. The lowest BCUT2D eigenvalue weighted by atomic mass is 9.75. The van der Waals surface area contributed by atoms with E-state index in [4.69, 9.17) is 0 Å². The summed E-state index contributed by atoms with van der Waals surface area (Å²) < 4.78 is 0. The van der Waals surface area contributed by atoms with Gasteiger partial charge < -0.3 is 5.11 Å². The van der Waals surface area contributed by atoms with E-state index in [9.17, 15) is 5.11 Å². The van der Waals surface area contributed by atoms with E-state index >= 15 is 0 Å². The first-order valence-corrected chi connectivity index (χ1v) is 5.50. The summed E-state index contributed by atoms with van der Waals surface area (Å²) >= 11 is 0. The minimum Gasteiger partial charge on any atom is -0.391 e. The molecule has 0 fully saturated rings. The highest BCUT2D eigenvalue weighted by Crippen LogP contribution is 2.38. The summed E-state index contributed by atoms with van der Waals surface area (Å²) in [5, 5.41) is 10.2. The zero-order chi connectivity index (χ0) is 11.1. The Morgan fingerprint density at radius 1 is 1.33 bits per heavy atom. The summed E-state index contributed by atoms with van der Waals surface area (Å²) in [5.41, 5.74) is 2.40. The van der Waals surface area contributed by atoms with Crippen LogP contribution in [0.1, 0.15) is 24.5 Å². The molecule has 2 heteroatoms. The average Bonchev–Trinajstić information content (AvgIpc) is 2.23. The number of hydrogen-bond donors (Lipinski definition) is 1. The molecule has 82 valence electrons. The van der Waals surface area contributed by atoms with Crippen LogP contribution in [0, 0.1) is 0 Å². The Labute approximate surface area is 91.5 Å². The molecule has 2 rings (SSSR count). The Balaban J connectivity index is 2.55. The lowest BCUT2D eigenvalue weighted by Gasteiger charge is -2.45. The fraction of sp³-hybridized carbons (Fsp3) is 0.538. The highest BCUT2D eigenvalue weighted by atomic mass is 16.3. The summed E-state index contributed by atoms with van der Waals surface area (Å²) in [6.45, 7) is 2.12. The fourth-order valence-electron chi connectivity index (χ4n) is 2.52. The molecule has 0 saturated carbocycles. The van der Waals surface area contributed by atoms with Gasteiger partial charge in [0, 0.05) is 0 Å². The molecular weight excluding hydrogens is 186 g/mol. The maximum atomic E-state index is 10.2. The number of aliphatic hydroxyl groups excluding tert-OH is 1. The highest BCUT2D eigenvalue weighted by Gasteiger charge is 2.40. The van der Waals surface area contributed by atoms with Crippen LogP contribution in [0.2, 0.25) is 0 Å². The molecule has 0 saturated heterocycles. The molecule has 1 aromatic carbocycles. The van der Waals surface area contributed by atoms with E-state index in [1.165, 1.54) is 11.1 Å². The van der Waals surface area contributed by atoms with E-state index in [0.717, 1.165) is 12.8 Å². The van der Waals surface area contributed by atoms with Crippen molar-refractivity contribution < 1.29 is 5.11 Å². The van der Waals surface area contributed by atoms with Crippen LogP contribution in [0.4, 0.5) is 0 Å². The number of aryl methyl sites for hydroxylation is 1. The number of aliphatic hydroxyl groups is 1. The number of nitrogens with zero attached hydrogens (tertiary/aromatic N) is 1. The van der Waals surface area contributed by atoms with Gasteiger partial charge in [0.25, 0.3) is 0 Å². The van der Waals surface area contributed by atoms with Crippen molar-refractivity contribution in [3.63, 3.8) is 0 Å². The van der Waals surface area contributed by atoms with Gasteiger partial charge in [0.1, 0.15) is 0 Å². The lowest BCUT2D eigenvalue weighted by molar-refractivity contribution is -0.0107. The molecule has 1 aromatic rings. The molecule has 0 heterocycles. The molecule has 15 heavy (non-hydrogen) atoms. The zero-order valence-corrected chi connectivity index (χ0v) is 9.70. The molecule has 0 aliphatic heterocycles. The highest BCUT2D eigenvalue weighted by molar-refractivity contribution is 5.37. The van der Waals surface area contributed by atoms with Gasteiger partial charge in [0.15, 0.2) is 0 Å². The van der Waals surface area contributed by atoms with Crippen molar-refractivity contribution in [3.8, 4) is 0 Å². The van der Waals surface area contributed by atoms with E-state index in [0.29, 0.717) is 0 Å². The molecule has 0 radical (unpaired) electrons. The Morgan fingerprint density at radius 2 is 2.00 bits per heavy atom. The van der Waals surface area contributed by atoms with E-state index in [1.54, 1.807) is 0 Å². The first kappa shape index (κ1) is 10.7. The molecule has 2 nitrogen and oxygen atoms in total. The SMILES string of the molecule is CN(C)[C@@]1(C)c2ccccc2CC[C@@H]1O. The third-order valence-corrected chi connectivity index (χ3v) is 3.83. The molecule has 1 N–H and O–H groups in total. The van der Waals surface area contributed by atoms with Gasteiger partial charge in [-0.1, -0.05) is 24.3 Å². The summed E-state index contributed by atoms with van der Waals surface area (Å²) in [4.78, 5) is 2.12. The van der Waals surface area contributed by atoms with Gasteiger partial charge >= 0.3 is 0 Å². The molecule has 0 amide bonds. The van der Waals surface area contributed by atoms with Crippen molar-refractivity contribution in [2.24, 2.45) is 0 Å². The minimum absolute atomic E-state index is 0.241. The molecule has 0 unspecified atom stereocenters. The van der Waals surface area contributed by atoms with Gasteiger partial charge in [0.05, 0.1) is 11.6 Å². The van der Waals surface area contributed by atoms with E-state index < -0.39 is 0 Å². The largest absolute Gasteiger partial charge is 0.391 e. The second-order valence-corrected chi connectivity index (χ2v) is 4.75. The third-order valence-electron chi connectivity index (χ3n) is 3.83. The Bertz CT molecular complexity index is 361. The molecule has 2 atom stereocenters. The zero-order valence-electron chi connectivity index (χ0n) is 9.70. The van der Waals surface area contributed by atoms with Crippen LogP contribution >= 0.6 is 0 Å². The quantitative estimate of drug-likeness (QED) is 0.755. The van der Waals surface area contributed by atoms with Crippen LogP contribution in [-0.4, -0.2) is 30.2 Å². The number of benzene rings is 1. The number of rotatable bonds is 1. The minimum atomic E-state index is -0.276. The van der Waals surface area contributed by atoms with Crippen molar-refractivity contribution in [1.29, 1.82) is 0 Å². The topological polar surface area (TPSA) is 23.5 Å². The Kier molecular flexibility index (Phi) is 2.57. The normalized spacial score (nSPS) is 30.3. The van der Waals surface area contributed by atoms with Crippen LogP contribution in [0.3, 0.4) is 0 Å². The monoisotopic (exact) mass is 205 g/mol. The first-order valence-electron chi connectivity index (χ1n) is 5.50. The Hall–Kier alpha value is -0.860. The smallest absolute Gasteiger partial charge is 0.0766 e. The van der Waals surface area contributed by atoms with Gasteiger partial charge in [-0.25, -0.2) is 0 Å². The van der Waals surface area contributed by atoms with E-state index in [2.05, 4.69) is 36.1 Å². The number of likely N-dealkylation sites (N-methyl/N-ethyl adjacent to an activating group) is 1. The second-order valence-electron chi connectivity index (χ2n) is 4.75. The van der Waals surface area contributed by atoms with Crippen LogP contribution in [0.15, 0.2) is 24.3 Å². The van der Waals surface area contributed by atoms with Gasteiger partial charge in [-0.05, 0) is 45.0 Å². The van der Waals surface area contributed by atoms with Crippen molar-refractivity contribution in [2.45, 2.75) is 31.4 Å². The van der Waals surface area contributed by atoms with Crippen molar-refractivity contribution in [1.82, 2.24) is 4.90 Å². The fourth-order valence-corrected chi connectivity index (χ4v) is 2.52. The van der Waals surface area contributed by atoms with E-state index in [1.807, 2.05) is 14.1 Å². The summed E-state index contributed by atoms with van der Waals surface area (Å²) in [6.07, 6.45) is 1.56. The third kappa shape index (κ3) is 1.48. The molecule has 0 bridgehead atoms. The van der Waals surface area contributed by atoms with Crippen molar-refractivity contribution >= 4 is 0 Å². The maximum Gasteiger partial charge on any atom is 0.0766 e. The van der Waals surface area contributed by atoms with Crippen LogP contribution in [-0.2, 0) is 12.0 Å². The molecular formula is C13H19NO. The van der Waals surface area contributed by atoms with Crippen molar-refractivity contribution in [3.05, 3.63) is 35.4 Å². The average molecular weight is 205 g/mol. The molecule has 0 spiro atoms. The van der Waals surface area contributed by atoms with Crippen LogP contribution < -0.4 is 0 Å². The first-order chi connectivity index (χ1) is 7.06. The molecule has 1 aliphatic carbocycles. The number of fused-ring (bicyclic) bond motifs is 1. The molecule has 0 aromatic heterocycles. The summed E-state index contributed by atoms with van der Waals surface area (Å²) in [5.74, 6) is 0. The van der Waals surface area contributed by atoms with Gasteiger partial charge in [-0.2, -0.15) is 0 Å². The summed E-state index contributed by atoms with van der Waals surface area (Å²) in [6, 6.07) is 8.44. The second kappa shape index (κ2) is 3.62.